The molecule has 1 fully saturated rings. The van der Waals surface area contributed by atoms with Crippen LogP contribution in [0.5, 0.6) is 11.5 Å². The first-order valence-electron chi connectivity index (χ1n) is 12.0. The van der Waals surface area contributed by atoms with Gasteiger partial charge in [0.15, 0.2) is 11.5 Å². The molecule has 39 heavy (non-hydrogen) atoms. The zero-order valence-electron chi connectivity index (χ0n) is 21.8. The van der Waals surface area contributed by atoms with Crippen molar-refractivity contribution >= 4 is 41.0 Å². The molecule has 0 aliphatic heterocycles. The molecule has 2 amide bonds. The number of benzene rings is 2. The van der Waals surface area contributed by atoms with E-state index in [2.05, 4.69) is 10.6 Å². The fourth-order valence-electron chi connectivity index (χ4n) is 4.02. The zero-order chi connectivity index (χ0) is 28.4. The van der Waals surface area contributed by atoms with Crippen LogP contribution in [0, 0.1) is 0 Å². The smallest absolute Gasteiger partial charge is 0.412 e. The van der Waals surface area contributed by atoms with Crippen molar-refractivity contribution in [3.05, 3.63) is 76.0 Å². The number of thiophene rings is 1. The summed E-state index contributed by atoms with van der Waals surface area (Å²) in [5, 5.41) is 17.0. The molecule has 0 spiro atoms. The molecule has 10 nitrogen and oxygen atoms in total. The zero-order valence-corrected chi connectivity index (χ0v) is 22.6. The molecule has 2 aromatic carbocycles. The lowest BCUT2D eigenvalue weighted by Gasteiger charge is -2.19. The van der Waals surface area contributed by atoms with E-state index >= 15 is 0 Å². The topological polar surface area (TPSA) is 140 Å². The molecular weight excluding hydrogens is 524 g/mol. The van der Waals surface area contributed by atoms with E-state index < -0.39 is 41.0 Å². The number of nitrogens with one attached hydrogen (secondary N) is 2. The van der Waals surface area contributed by atoms with Gasteiger partial charge in [-0.25, -0.2) is 14.4 Å². The van der Waals surface area contributed by atoms with Crippen LogP contribution >= 0.6 is 11.3 Å². The minimum Gasteiger partial charge on any atom is -0.493 e. The van der Waals surface area contributed by atoms with Gasteiger partial charge in [-0.05, 0) is 80.6 Å². The molecule has 204 valence electrons. The van der Waals surface area contributed by atoms with Crippen molar-refractivity contribution in [3.63, 3.8) is 0 Å². The summed E-state index contributed by atoms with van der Waals surface area (Å²) in [5.41, 5.74) is -0.906. The van der Waals surface area contributed by atoms with Crippen LogP contribution in [0.4, 0.5) is 10.5 Å². The fraction of sp³-hybridized carbons (Fsp3) is 0.286. The summed E-state index contributed by atoms with van der Waals surface area (Å²) in [7, 11) is 1.42. The summed E-state index contributed by atoms with van der Waals surface area (Å²) < 4.78 is 16.0. The maximum Gasteiger partial charge on any atom is 0.412 e. The lowest BCUT2D eigenvalue weighted by Crippen LogP contribution is -2.44. The van der Waals surface area contributed by atoms with E-state index in [0.29, 0.717) is 16.1 Å². The maximum atomic E-state index is 12.9. The van der Waals surface area contributed by atoms with E-state index in [1.807, 2.05) is 0 Å². The molecule has 11 heteroatoms. The van der Waals surface area contributed by atoms with Crippen LogP contribution in [0.2, 0.25) is 0 Å². The molecular formula is C28H28N2O8S. The van der Waals surface area contributed by atoms with E-state index in [0.717, 1.165) is 0 Å². The molecule has 1 heterocycles. The lowest BCUT2D eigenvalue weighted by atomic mass is 10.0. The summed E-state index contributed by atoms with van der Waals surface area (Å²) in [6.07, 6.45) is -0.461. The second-order valence-electron chi connectivity index (χ2n) is 9.97. The van der Waals surface area contributed by atoms with Gasteiger partial charge in [-0.1, -0.05) is 12.1 Å². The number of rotatable bonds is 8. The molecule has 0 bridgehead atoms. The second kappa shape index (κ2) is 10.8. The number of amides is 2. The number of carboxylic acids is 1. The van der Waals surface area contributed by atoms with Gasteiger partial charge in [0, 0.05) is 17.2 Å². The van der Waals surface area contributed by atoms with E-state index in [9.17, 15) is 24.3 Å². The van der Waals surface area contributed by atoms with Crippen LogP contribution in [-0.4, -0.2) is 47.3 Å². The van der Waals surface area contributed by atoms with Crippen LogP contribution in [0.1, 0.15) is 58.7 Å². The third-order valence-electron chi connectivity index (χ3n) is 5.99. The first-order valence-corrected chi connectivity index (χ1v) is 12.9. The molecule has 1 aliphatic carbocycles. The van der Waals surface area contributed by atoms with Gasteiger partial charge < -0.3 is 24.6 Å². The monoisotopic (exact) mass is 552 g/mol. The second-order valence-corrected chi connectivity index (χ2v) is 10.9. The van der Waals surface area contributed by atoms with Crippen LogP contribution in [0.3, 0.4) is 0 Å². The van der Waals surface area contributed by atoms with E-state index in [-0.39, 0.29) is 23.5 Å². The van der Waals surface area contributed by atoms with E-state index in [1.54, 1.807) is 56.5 Å². The largest absolute Gasteiger partial charge is 0.493 e. The van der Waals surface area contributed by atoms with Crippen molar-refractivity contribution in [2.45, 2.75) is 44.2 Å². The Morgan fingerprint density at radius 3 is 2.33 bits per heavy atom. The number of carbonyl (C=O) groups excluding carboxylic acids is 3. The van der Waals surface area contributed by atoms with E-state index in [4.69, 9.17) is 14.2 Å². The molecule has 1 aliphatic rings. The van der Waals surface area contributed by atoms with E-state index in [1.165, 1.54) is 42.7 Å². The first-order chi connectivity index (χ1) is 18.4. The fourth-order valence-corrected chi connectivity index (χ4v) is 4.62. The molecule has 3 aromatic rings. The molecule has 4 rings (SSSR count). The number of esters is 1. The third-order valence-corrected chi connectivity index (χ3v) is 6.84. The lowest BCUT2D eigenvalue weighted by molar-refractivity contribution is -0.140. The Balaban J connectivity index is 1.44. The number of methoxy groups -OCH3 is 1. The molecule has 3 N–H and O–H groups in total. The van der Waals surface area contributed by atoms with Crippen LogP contribution in [-0.2, 0) is 9.53 Å². The van der Waals surface area contributed by atoms with Crippen LogP contribution < -0.4 is 20.1 Å². The highest BCUT2D eigenvalue weighted by atomic mass is 32.1. The number of carboxylic acid groups (broad SMARTS) is 1. The molecule has 1 saturated carbocycles. The van der Waals surface area contributed by atoms with Crippen molar-refractivity contribution in [2.75, 3.05) is 12.4 Å². The van der Waals surface area contributed by atoms with Crippen molar-refractivity contribution in [1.82, 2.24) is 5.32 Å². The number of ether oxygens (including phenoxy) is 3. The van der Waals surface area contributed by atoms with Gasteiger partial charge in [0.05, 0.1) is 7.11 Å². The van der Waals surface area contributed by atoms with Crippen molar-refractivity contribution in [2.24, 2.45) is 0 Å². The SMILES string of the molecule is COc1cc([C@H]2C[C@]2(NC(=O)c2ccc(NC(=O)OC(C)(C)C)cc2)C(=O)O)ccc1OC(=O)c1cccs1. The van der Waals surface area contributed by atoms with Gasteiger partial charge in [0.1, 0.15) is 16.0 Å². The summed E-state index contributed by atoms with van der Waals surface area (Å²) in [5.74, 6) is -2.33. The Morgan fingerprint density at radius 2 is 1.74 bits per heavy atom. The van der Waals surface area contributed by atoms with Gasteiger partial charge in [-0.3, -0.25) is 10.1 Å². The quantitative estimate of drug-likeness (QED) is 0.260. The highest BCUT2D eigenvalue weighted by Crippen LogP contribution is 2.53. The van der Waals surface area contributed by atoms with Crippen molar-refractivity contribution < 1.29 is 38.5 Å². The standard InChI is InChI=1S/C28H28N2O8S/c1-27(2,3)38-26(35)29-18-10-7-16(8-11-18)23(31)30-28(25(33)34)15-19(28)17-9-12-20(21(14-17)36-4)37-24(32)22-6-5-13-39-22/h5-14,19H,15H2,1-4H3,(H,29,35)(H,30,31)(H,33,34)/t19-,28-/m1/s1. The average molecular weight is 553 g/mol. The molecule has 1 aromatic heterocycles. The summed E-state index contributed by atoms with van der Waals surface area (Å²) in [6.45, 7) is 5.24. The van der Waals surface area contributed by atoms with Crippen molar-refractivity contribution in [1.29, 1.82) is 0 Å². The van der Waals surface area contributed by atoms with Gasteiger partial charge in [0.25, 0.3) is 5.91 Å². The number of anilines is 1. The summed E-state index contributed by atoms with van der Waals surface area (Å²) in [4.78, 5) is 49.9. The minimum atomic E-state index is -1.51. The number of hydrogen-bond donors (Lipinski definition) is 3. The van der Waals surface area contributed by atoms with Crippen LogP contribution in [0.15, 0.2) is 60.0 Å². The van der Waals surface area contributed by atoms with Crippen molar-refractivity contribution in [3.8, 4) is 11.5 Å². The highest BCUT2D eigenvalue weighted by molar-refractivity contribution is 7.12. The van der Waals surface area contributed by atoms with Gasteiger partial charge in [-0.2, -0.15) is 0 Å². The normalized spacial score (nSPS) is 18.0. The predicted molar refractivity (Wildman–Crippen MR) is 144 cm³/mol. The number of carbonyl (C=O) groups is 4. The molecule has 0 radical (unpaired) electrons. The Labute approximate surface area is 228 Å². The predicted octanol–water partition coefficient (Wildman–Crippen LogP) is 5.06. The summed E-state index contributed by atoms with van der Waals surface area (Å²) in [6, 6.07) is 14.2. The summed E-state index contributed by atoms with van der Waals surface area (Å²) >= 11 is 1.25. The Hall–Kier alpha value is -4.38. The Morgan fingerprint density at radius 1 is 1.03 bits per heavy atom. The van der Waals surface area contributed by atoms with Gasteiger partial charge in [-0.15, -0.1) is 11.3 Å². The average Bonchev–Trinajstić information content (AvgIpc) is 3.33. The molecule has 0 unspecified atom stereocenters. The minimum absolute atomic E-state index is 0.170. The Kier molecular flexibility index (Phi) is 7.64. The molecule has 0 saturated heterocycles. The molecule has 2 atom stereocenters. The number of hydrogen-bond acceptors (Lipinski definition) is 8. The maximum absolute atomic E-state index is 12.9. The number of aliphatic carboxylic acids is 1. The highest BCUT2D eigenvalue weighted by Gasteiger charge is 2.62. The van der Waals surface area contributed by atoms with Gasteiger partial charge >= 0.3 is 18.0 Å². The van der Waals surface area contributed by atoms with Crippen LogP contribution in [0.25, 0.3) is 0 Å². The van der Waals surface area contributed by atoms with Gasteiger partial charge in [0.2, 0.25) is 0 Å². The third kappa shape index (κ3) is 6.37. The first kappa shape index (κ1) is 27.6. The Bertz CT molecular complexity index is 1400.